The number of nitrogens with zero attached hydrogens (tertiary/aromatic N) is 3. The molecule has 3 rings (SSSR count). The molecule has 9 heteroatoms. The molecule has 0 aromatic carbocycles. The first-order chi connectivity index (χ1) is 11.6. The minimum absolute atomic E-state index is 0.000679. The molecule has 134 valence electrons. The van der Waals surface area contributed by atoms with Crippen molar-refractivity contribution in [2.45, 2.75) is 32.5 Å². The number of hydrogen-bond donors (Lipinski definition) is 2. The molecular weight excluding hydrogens is 357 g/mol. The zero-order valence-corrected chi connectivity index (χ0v) is 14.3. The molecule has 0 spiro atoms. The molecule has 2 aromatic rings. The van der Waals surface area contributed by atoms with Crippen LogP contribution in [-0.4, -0.2) is 34.3 Å². The molecule has 1 saturated heterocycles. The van der Waals surface area contributed by atoms with Gasteiger partial charge in [-0.1, -0.05) is 18.5 Å². The number of halogens is 4. The SMILES string of the molecule is Cc1[nH]c2c(N3CCC(O)C(C)C3)c(C#N)c(C(F)(F)F)nc2c1Cl. The van der Waals surface area contributed by atoms with Crippen LogP contribution < -0.4 is 4.90 Å². The van der Waals surface area contributed by atoms with Gasteiger partial charge in [0, 0.05) is 18.8 Å². The van der Waals surface area contributed by atoms with Crippen LogP contribution in [0.15, 0.2) is 0 Å². The summed E-state index contributed by atoms with van der Waals surface area (Å²) in [7, 11) is 0. The van der Waals surface area contributed by atoms with Crippen molar-refractivity contribution in [1.29, 1.82) is 5.26 Å². The number of fused-ring (bicyclic) bond motifs is 1. The fraction of sp³-hybridized carbons (Fsp3) is 0.500. The molecule has 2 N–H and O–H groups in total. The molecule has 0 radical (unpaired) electrons. The van der Waals surface area contributed by atoms with Gasteiger partial charge in [0.05, 0.1) is 22.3 Å². The highest BCUT2D eigenvalue weighted by Crippen LogP contribution is 2.42. The van der Waals surface area contributed by atoms with Gasteiger partial charge in [-0.15, -0.1) is 0 Å². The van der Waals surface area contributed by atoms with E-state index in [0.29, 0.717) is 30.7 Å². The summed E-state index contributed by atoms with van der Waals surface area (Å²) in [5.74, 6) is -0.135. The highest BCUT2D eigenvalue weighted by molar-refractivity contribution is 6.36. The van der Waals surface area contributed by atoms with Gasteiger partial charge in [-0.3, -0.25) is 0 Å². The zero-order chi connectivity index (χ0) is 18.5. The van der Waals surface area contributed by atoms with Crippen LogP contribution in [0.2, 0.25) is 5.02 Å². The number of rotatable bonds is 1. The number of nitriles is 1. The Morgan fingerprint density at radius 1 is 1.44 bits per heavy atom. The maximum atomic E-state index is 13.5. The van der Waals surface area contributed by atoms with Gasteiger partial charge in [-0.2, -0.15) is 18.4 Å². The lowest BCUT2D eigenvalue weighted by atomic mass is 9.95. The number of aryl methyl sites for hydroxylation is 1. The average Bonchev–Trinajstić information content (AvgIpc) is 2.82. The summed E-state index contributed by atoms with van der Waals surface area (Å²) in [5.41, 5.74) is -0.819. The Morgan fingerprint density at radius 3 is 2.68 bits per heavy atom. The highest BCUT2D eigenvalue weighted by atomic mass is 35.5. The largest absolute Gasteiger partial charge is 0.434 e. The van der Waals surface area contributed by atoms with Crippen molar-refractivity contribution >= 4 is 28.3 Å². The van der Waals surface area contributed by atoms with Crippen LogP contribution in [-0.2, 0) is 6.18 Å². The van der Waals surface area contributed by atoms with Gasteiger partial charge in [0.15, 0.2) is 5.69 Å². The second kappa shape index (κ2) is 6.07. The Hall–Kier alpha value is -1.98. The maximum absolute atomic E-state index is 13.5. The Morgan fingerprint density at radius 2 is 2.12 bits per heavy atom. The monoisotopic (exact) mass is 372 g/mol. The Balaban J connectivity index is 2.32. The molecule has 3 heterocycles. The first-order valence-electron chi connectivity index (χ1n) is 7.77. The van der Waals surface area contributed by atoms with Crippen molar-refractivity contribution in [1.82, 2.24) is 9.97 Å². The van der Waals surface area contributed by atoms with Gasteiger partial charge in [-0.05, 0) is 19.3 Å². The summed E-state index contributed by atoms with van der Waals surface area (Å²) in [5, 5.41) is 19.4. The van der Waals surface area contributed by atoms with E-state index in [2.05, 4.69) is 9.97 Å². The van der Waals surface area contributed by atoms with Crippen LogP contribution in [0.5, 0.6) is 0 Å². The van der Waals surface area contributed by atoms with Gasteiger partial charge in [0.2, 0.25) is 0 Å². The first-order valence-corrected chi connectivity index (χ1v) is 8.15. The molecule has 1 aliphatic rings. The number of aliphatic hydroxyl groups is 1. The summed E-state index contributed by atoms with van der Waals surface area (Å²) in [6, 6.07) is 1.67. The van der Waals surface area contributed by atoms with E-state index in [-0.39, 0.29) is 22.1 Å². The third-order valence-corrected chi connectivity index (χ3v) is 5.04. The topological polar surface area (TPSA) is 75.9 Å². The van der Waals surface area contributed by atoms with Gasteiger partial charge in [0.1, 0.15) is 17.1 Å². The van der Waals surface area contributed by atoms with Crippen LogP contribution in [0.1, 0.15) is 30.3 Å². The molecular formula is C16H16ClF3N4O. The molecule has 2 aromatic heterocycles. The van der Waals surface area contributed by atoms with Crippen LogP contribution in [0, 0.1) is 24.2 Å². The van der Waals surface area contributed by atoms with E-state index in [1.807, 2.05) is 6.92 Å². The van der Waals surface area contributed by atoms with E-state index >= 15 is 0 Å². The Labute approximate surface area is 147 Å². The number of pyridine rings is 1. The van der Waals surface area contributed by atoms with Crippen molar-refractivity contribution in [2.24, 2.45) is 5.92 Å². The van der Waals surface area contributed by atoms with Crippen LogP contribution >= 0.6 is 11.6 Å². The summed E-state index contributed by atoms with van der Waals surface area (Å²) in [4.78, 5) is 8.29. The minimum atomic E-state index is -4.77. The van der Waals surface area contributed by atoms with Crippen molar-refractivity contribution < 1.29 is 18.3 Å². The quantitative estimate of drug-likeness (QED) is 0.801. The van der Waals surface area contributed by atoms with Crippen molar-refractivity contribution in [2.75, 3.05) is 18.0 Å². The molecule has 0 bridgehead atoms. The van der Waals surface area contributed by atoms with E-state index in [4.69, 9.17) is 11.6 Å². The van der Waals surface area contributed by atoms with E-state index in [0.717, 1.165) is 0 Å². The van der Waals surface area contributed by atoms with Gasteiger partial charge >= 0.3 is 6.18 Å². The van der Waals surface area contributed by atoms with E-state index in [1.165, 1.54) is 0 Å². The van der Waals surface area contributed by atoms with Crippen molar-refractivity contribution in [3.05, 3.63) is 22.0 Å². The predicted molar refractivity (Wildman–Crippen MR) is 87.6 cm³/mol. The fourth-order valence-corrected chi connectivity index (χ4v) is 3.42. The zero-order valence-electron chi connectivity index (χ0n) is 13.6. The maximum Gasteiger partial charge on any atom is 0.434 e. The number of H-pyrrole nitrogens is 1. The number of anilines is 1. The normalized spacial score (nSPS) is 21.6. The number of aliphatic hydroxyl groups excluding tert-OH is 1. The molecule has 0 aliphatic carbocycles. The first kappa shape index (κ1) is 17.8. The standard InChI is InChI=1S/C16H16ClF3N4O/c1-7-6-24(4-3-10(7)25)14-9(5-21)15(16(18,19)20)23-12-11(17)8(2)22-13(12)14/h7,10,22,25H,3-4,6H2,1-2H3. The van der Waals surface area contributed by atoms with Crippen LogP contribution in [0.3, 0.4) is 0 Å². The summed E-state index contributed by atoms with van der Waals surface area (Å²) in [6.07, 6.45) is -4.89. The second-order valence-electron chi connectivity index (χ2n) is 6.36. The molecule has 0 saturated carbocycles. The average molecular weight is 373 g/mol. The van der Waals surface area contributed by atoms with Crippen molar-refractivity contribution in [3.63, 3.8) is 0 Å². The molecule has 5 nitrogen and oxygen atoms in total. The molecule has 2 atom stereocenters. The van der Waals surface area contributed by atoms with E-state index in [1.54, 1.807) is 17.9 Å². The lowest BCUT2D eigenvalue weighted by Crippen LogP contribution is -2.42. The lowest BCUT2D eigenvalue weighted by Gasteiger charge is -2.36. The summed E-state index contributed by atoms with van der Waals surface area (Å²) >= 11 is 6.12. The highest BCUT2D eigenvalue weighted by Gasteiger charge is 2.40. The summed E-state index contributed by atoms with van der Waals surface area (Å²) < 4.78 is 40.4. The molecule has 2 unspecified atom stereocenters. The van der Waals surface area contributed by atoms with Gasteiger partial charge < -0.3 is 15.0 Å². The van der Waals surface area contributed by atoms with E-state index in [9.17, 15) is 23.5 Å². The number of aromatic amines is 1. The number of hydrogen-bond acceptors (Lipinski definition) is 4. The smallest absolute Gasteiger partial charge is 0.393 e. The van der Waals surface area contributed by atoms with Crippen LogP contribution in [0.4, 0.5) is 18.9 Å². The predicted octanol–water partition coefficient (Wildman–Crippen LogP) is 3.62. The Bertz CT molecular complexity index is 871. The lowest BCUT2D eigenvalue weighted by molar-refractivity contribution is -0.141. The number of nitrogens with one attached hydrogen (secondary N) is 1. The Kier molecular flexibility index (Phi) is 4.33. The number of piperidine rings is 1. The third kappa shape index (κ3) is 2.92. The third-order valence-electron chi connectivity index (χ3n) is 4.58. The second-order valence-corrected chi connectivity index (χ2v) is 6.74. The molecule has 0 amide bonds. The minimum Gasteiger partial charge on any atom is -0.393 e. The van der Waals surface area contributed by atoms with Gasteiger partial charge in [-0.25, -0.2) is 4.98 Å². The molecule has 25 heavy (non-hydrogen) atoms. The van der Waals surface area contributed by atoms with Crippen molar-refractivity contribution in [3.8, 4) is 6.07 Å². The van der Waals surface area contributed by atoms with Crippen LogP contribution in [0.25, 0.3) is 11.0 Å². The fourth-order valence-electron chi connectivity index (χ4n) is 3.23. The summed E-state index contributed by atoms with van der Waals surface area (Å²) in [6.45, 7) is 4.13. The number of alkyl halides is 3. The number of aromatic nitrogens is 2. The van der Waals surface area contributed by atoms with E-state index < -0.39 is 23.5 Å². The molecule has 1 aliphatic heterocycles. The van der Waals surface area contributed by atoms with Gasteiger partial charge in [0.25, 0.3) is 0 Å². The molecule has 1 fully saturated rings.